The van der Waals surface area contributed by atoms with Crippen molar-refractivity contribution >= 4 is 34.8 Å². The number of hydrogen-bond donors (Lipinski definition) is 1. The minimum atomic E-state index is -0.324. The molecular weight excluding hydrogens is 259 g/mol. The Morgan fingerprint density at radius 1 is 1.12 bits per heavy atom. The summed E-state index contributed by atoms with van der Waals surface area (Å²) in [7, 11) is 0. The predicted octanol–water partition coefficient (Wildman–Crippen LogP) is 3.64. The van der Waals surface area contributed by atoms with Gasteiger partial charge < -0.3 is 5.32 Å². The van der Waals surface area contributed by atoms with E-state index in [2.05, 4.69) is 10.3 Å². The topological polar surface area (TPSA) is 42.0 Å². The first kappa shape index (κ1) is 11.9. The molecule has 17 heavy (non-hydrogen) atoms. The first-order chi connectivity index (χ1) is 8.15. The third-order valence-electron chi connectivity index (χ3n) is 2.03. The van der Waals surface area contributed by atoms with E-state index in [4.69, 9.17) is 23.2 Å². The highest BCUT2D eigenvalue weighted by Crippen LogP contribution is 2.15. The second-order valence-corrected chi connectivity index (χ2v) is 4.13. The van der Waals surface area contributed by atoms with Crippen LogP contribution < -0.4 is 5.32 Å². The van der Waals surface area contributed by atoms with E-state index >= 15 is 0 Å². The fraction of sp³-hybridized carbons (Fsp3) is 0. The van der Waals surface area contributed by atoms with E-state index in [0.29, 0.717) is 10.7 Å². The molecule has 0 aliphatic rings. The summed E-state index contributed by atoms with van der Waals surface area (Å²) in [6.45, 7) is 0. The number of halogens is 2. The summed E-state index contributed by atoms with van der Waals surface area (Å²) in [6, 6.07) is 11.8. The molecule has 0 saturated heterocycles. The highest BCUT2D eigenvalue weighted by molar-refractivity contribution is 6.31. The van der Waals surface area contributed by atoms with Crippen molar-refractivity contribution in [2.45, 2.75) is 0 Å². The quantitative estimate of drug-likeness (QED) is 0.844. The smallest absolute Gasteiger partial charge is 0.274 e. The van der Waals surface area contributed by atoms with Crippen LogP contribution in [0, 0.1) is 0 Å². The van der Waals surface area contributed by atoms with E-state index in [0.717, 1.165) is 0 Å². The summed E-state index contributed by atoms with van der Waals surface area (Å²) in [5, 5.41) is 3.52. The highest BCUT2D eigenvalue weighted by Gasteiger charge is 2.07. The molecule has 5 heteroatoms. The van der Waals surface area contributed by atoms with Crippen molar-refractivity contribution in [3.8, 4) is 0 Å². The summed E-state index contributed by atoms with van der Waals surface area (Å²) in [5.41, 5.74) is 0.877. The minimum absolute atomic E-state index is 0.262. The summed E-state index contributed by atoms with van der Waals surface area (Å²) in [5.74, 6) is -0.324. The Kier molecular flexibility index (Phi) is 3.61. The number of aromatic nitrogens is 1. The average Bonchev–Trinajstić information content (AvgIpc) is 2.29. The number of carbonyl (C=O) groups excluding carboxylic acids is 1. The standard InChI is InChI=1S/C12H8Cl2N2O/c13-8-3-1-4-9(7-8)15-12(17)10-5-2-6-11(14)16-10/h1-7H,(H,15,17). The van der Waals surface area contributed by atoms with Crippen LogP contribution in [0.4, 0.5) is 5.69 Å². The molecule has 0 saturated carbocycles. The molecule has 1 N–H and O–H groups in total. The number of hydrogen-bond acceptors (Lipinski definition) is 2. The molecular formula is C12H8Cl2N2O. The van der Waals surface area contributed by atoms with Crippen molar-refractivity contribution in [2.24, 2.45) is 0 Å². The zero-order chi connectivity index (χ0) is 12.3. The maximum absolute atomic E-state index is 11.8. The number of anilines is 1. The maximum atomic E-state index is 11.8. The molecule has 0 aliphatic heterocycles. The van der Waals surface area contributed by atoms with Crippen molar-refractivity contribution in [3.05, 3.63) is 58.3 Å². The van der Waals surface area contributed by atoms with Gasteiger partial charge in [-0.1, -0.05) is 35.3 Å². The lowest BCUT2D eigenvalue weighted by Gasteiger charge is -2.04. The molecule has 1 heterocycles. The van der Waals surface area contributed by atoms with Crippen molar-refractivity contribution in [1.82, 2.24) is 4.98 Å². The fourth-order valence-corrected chi connectivity index (χ4v) is 1.65. The van der Waals surface area contributed by atoms with Gasteiger partial charge in [-0.3, -0.25) is 4.79 Å². The number of nitrogens with zero attached hydrogens (tertiary/aromatic N) is 1. The van der Waals surface area contributed by atoms with Crippen LogP contribution in [0.2, 0.25) is 10.2 Å². The van der Waals surface area contributed by atoms with Crippen LogP contribution in [0.3, 0.4) is 0 Å². The fourth-order valence-electron chi connectivity index (χ4n) is 1.30. The van der Waals surface area contributed by atoms with Crippen LogP contribution in [-0.2, 0) is 0 Å². The summed E-state index contributed by atoms with van der Waals surface area (Å²) in [6.07, 6.45) is 0. The number of carbonyl (C=O) groups is 1. The second-order valence-electron chi connectivity index (χ2n) is 3.31. The van der Waals surface area contributed by atoms with Gasteiger partial charge in [-0.15, -0.1) is 0 Å². The van der Waals surface area contributed by atoms with Gasteiger partial charge in [0, 0.05) is 10.7 Å². The lowest BCUT2D eigenvalue weighted by Crippen LogP contribution is -2.13. The molecule has 0 unspecified atom stereocenters. The van der Waals surface area contributed by atoms with Crippen molar-refractivity contribution < 1.29 is 4.79 Å². The molecule has 0 bridgehead atoms. The molecule has 3 nitrogen and oxygen atoms in total. The molecule has 0 spiro atoms. The summed E-state index contributed by atoms with van der Waals surface area (Å²) < 4.78 is 0. The van der Waals surface area contributed by atoms with Crippen LogP contribution >= 0.6 is 23.2 Å². The molecule has 86 valence electrons. The first-order valence-electron chi connectivity index (χ1n) is 4.84. The lowest BCUT2D eigenvalue weighted by atomic mass is 10.3. The Morgan fingerprint density at radius 2 is 1.88 bits per heavy atom. The first-order valence-corrected chi connectivity index (χ1v) is 5.60. The molecule has 1 amide bonds. The van der Waals surface area contributed by atoms with E-state index in [1.54, 1.807) is 42.5 Å². The Labute approximate surface area is 108 Å². The molecule has 2 aromatic rings. The number of amides is 1. The van der Waals surface area contributed by atoms with E-state index in [9.17, 15) is 4.79 Å². The maximum Gasteiger partial charge on any atom is 0.274 e. The number of benzene rings is 1. The van der Waals surface area contributed by atoms with Gasteiger partial charge in [0.1, 0.15) is 10.8 Å². The third-order valence-corrected chi connectivity index (χ3v) is 2.48. The Balaban J connectivity index is 2.17. The monoisotopic (exact) mass is 266 g/mol. The van der Waals surface area contributed by atoms with Crippen LogP contribution in [0.15, 0.2) is 42.5 Å². The van der Waals surface area contributed by atoms with E-state index in [1.807, 2.05) is 0 Å². The van der Waals surface area contributed by atoms with Gasteiger partial charge in [-0.25, -0.2) is 4.98 Å². The highest BCUT2D eigenvalue weighted by atomic mass is 35.5. The Morgan fingerprint density at radius 3 is 2.59 bits per heavy atom. The summed E-state index contributed by atoms with van der Waals surface area (Å²) in [4.78, 5) is 15.7. The van der Waals surface area contributed by atoms with Crippen LogP contribution in [0.5, 0.6) is 0 Å². The van der Waals surface area contributed by atoms with Crippen molar-refractivity contribution in [1.29, 1.82) is 0 Å². The average molecular weight is 267 g/mol. The van der Waals surface area contributed by atoms with Crippen LogP contribution in [0.25, 0.3) is 0 Å². The third kappa shape index (κ3) is 3.19. The van der Waals surface area contributed by atoms with E-state index in [1.165, 1.54) is 0 Å². The largest absolute Gasteiger partial charge is 0.321 e. The minimum Gasteiger partial charge on any atom is -0.321 e. The second kappa shape index (κ2) is 5.17. The van der Waals surface area contributed by atoms with Gasteiger partial charge in [0.05, 0.1) is 0 Å². The molecule has 0 fully saturated rings. The SMILES string of the molecule is O=C(Nc1cccc(Cl)c1)c1cccc(Cl)n1. The van der Waals surface area contributed by atoms with Gasteiger partial charge in [0.25, 0.3) is 5.91 Å². The zero-order valence-corrected chi connectivity index (χ0v) is 10.2. The normalized spacial score (nSPS) is 10.0. The van der Waals surface area contributed by atoms with Gasteiger partial charge in [0.2, 0.25) is 0 Å². The van der Waals surface area contributed by atoms with Gasteiger partial charge in [-0.05, 0) is 30.3 Å². The number of rotatable bonds is 2. The van der Waals surface area contributed by atoms with Gasteiger partial charge >= 0.3 is 0 Å². The predicted molar refractivity (Wildman–Crippen MR) is 68.7 cm³/mol. The van der Waals surface area contributed by atoms with Crippen LogP contribution in [-0.4, -0.2) is 10.9 Å². The number of pyridine rings is 1. The molecule has 1 aromatic heterocycles. The molecule has 0 radical (unpaired) electrons. The Hall–Kier alpha value is -1.58. The number of nitrogens with one attached hydrogen (secondary N) is 1. The summed E-state index contributed by atoms with van der Waals surface area (Å²) >= 11 is 11.5. The molecule has 0 aliphatic carbocycles. The van der Waals surface area contributed by atoms with Gasteiger partial charge in [0.15, 0.2) is 0 Å². The van der Waals surface area contributed by atoms with Gasteiger partial charge in [-0.2, -0.15) is 0 Å². The molecule has 0 atom stereocenters. The molecule has 2 rings (SSSR count). The molecule has 1 aromatic carbocycles. The van der Waals surface area contributed by atoms with Crippen molar-refractivity contribution in [2.75, 3.05) is 5.32 Å². The Bertz CT molecular complexity index is 558. The van der Waals surface area contributed by atoms with E-state index in [-0.39, 0.29) is 16.8 Å². The van der Waals surface area contributed by atoms with E-state index < -0.39 is 0 Å². The lowest BCUT2D eigenvalue weighted by molar-refractivity contribution is 0.102. The zero-order valence-electron chi connectivity index (χ0n) is 8.65. The van der Waals surface area contributed by atoms with Crippen LogP contribution in [0.1, 0.15) is 10.5 Å². The van der Waals surface area contributed by atoms with Crippen molar-refractivity contribution in [3.63, 3.8) is 0 Å².